The predicted molar refractivity (Wildman–Crippen MR) is 165 cm³/mol. The third-order valence-corrected chi connectivity index (χ3v) is 10.6. The molecule has 5 N–H and O–H groups in total. The number of carbonyl (C=O) groups is 1. The molecule has 4 rings (SSSR count). The number of hydrogen-bond acceptors (Lipinski definition) is 11. The average molecular weight is 639 g/mol. The van der Waals surface area contributed by atoms with Crippen LogP contribution in [0.5, 0.6) is 0 Å². The Morgan fingerprint density at radius 2 is 1.84 bits per heavy atom. The van der Waals surface area contributed by atoms with E-state index in [2.05, 4.69) is 12.7 Å². The van der Waals surface area contributed by atoms with Gasteiger partial charge in [-0.2, -0.15) is 0 Å². The van der Waals surface area contributed by atoms with Crippen LogP contribution in [0.1, 0.15) is 60.8 Å². The topological polar surface area (TPSA) is 164 Å². The van der Waals surface area contributed by atoms with Gasteiger partial charge in [0.2, 0.25) is 0 Å². The van der Waals surface area contributed by atoms with Crippen molar-refractivity contribution >= 4 is 5.97 Å². The highest BCUT2D eigenvalue weighted by atomic mass is 16.7. The Bertz CT molecular complexity index is 1130. The van der Waals surface area contributed by atoms with Crippen LogP contribution in [0.15, 0.2) is 35.5 Å². The maximum absolute atomic E-state index is 12.4. The van der Waals surface area contributed by atoms with Gasteiger partial charge >= 0.3 is 5.97 Å². The Hall–Kier alpha value is -1.67. The number of carbonyl (C=O) groups excluding carboxylic acids is 1. The summed E-state index contributed by atoms with van der Waals surface area (Å²) >= 11 is 0. The summed E-state index contributed by atoms with van der Waals surface area (Å²) in [4.78, 5) is 12.4. The minimum atomic E-state index is -1.64. The van der Waals surface area contributed by atoms with Crippen LogP contribution in [0.2, 0.25) is 0 Å². The van der Waals surface area contributed by atoms with Crippen molar-refractivity contribution in [3.63, 3.8) is 0 Å². The number of aliphatic hydroxyl groups is 5. The van der Waals surface area contributed by atoms with Gasteiger partial charge in [0.25, 0.3) is 0 Å². The van der Waals surface area contributed by atoms with Gasteiger partial charge in [-0.25, -0.2) is 0 Å². The Morgan fingerprint density at radius 3 is 2.44 bits per heavy atom. The maximum atomic E-state index is 12.4. The van der Waals surface area contributed by atoms with Crippen LogP contribution in [-0.4, -0.2) is 113 Å². The third kappa shape index (κ3) is 7.12. The lowest BCUT2D eigenvalue weighted by molar-refractivity contribution is -0.319. The van der Waals surface area contributed by atoms with Gasteiger partial charge in [-0.05, 0) is 51.0 Å². The SMILES string of the molecule is C=CC(C)(C)OC[C@@H]1O[C@H](O[C@H]2C3=C([C@H](C)CO)C[C@H](OC(C)=O)[C@]3(C)/C=C3/[C@H](COC)CC[C@@H]3[C@H](C)[C@@H]2O)[C@@H](O)[C@H](O)[C@H]1O. The number of rotatable bonds is 11. The first-order valence-electron chi connectivity index (χ1n) is 16.1. The van der Waals surface area contributed by atoms with E-state index in [9.17, 15) is 30.3 Å². The fraction of sp³-hybridized carbons (Fsp3) is 0.794. The molecule has 0 aromatic carbocycles. The van der Waals surface area contributed by atoms with Crippen molar-refractivity contribution in [1.29, 1.82) is 0 Å². The van der Waals surface area contributed by atoms with Crippen molar-refractivity contribution in [2.75, 3.05) is 26.9 Å². The van der Waals surface area contributed by atoms with Crippen molar-refractivity contribution in [2.45, 2.75) is 115 Å². The Labute approximate surface area is 266 Å². The van der Waals surface area contributed by atoms with Gasteiger partial charge < -0.3 is 49.2 Å². The molecule has 1 saturated heterocycles. The zero-order chi connectivity index (χ0) is 33.4. The minimum Gasteiger partial charge on any atom is -0.461 e. The summed E-state index contributed by atoms with van der Waals surface area (Å²) in [7, 11) is 1.67. The van der Waals surface area contributed by atoms with Gasteiger partial charge in [0, 0.05) is 44.3 Å². The normalized spacial score (nSPS) is 42.2. The summed E-state index contributed by atoms with van der Waals surface area (Å²) in [6, 6.07) is 0. The summed E-state index contributed by atoms with van der Waals surface area (Å²) in [5.74, 6) is -0.970. The van der Waals surface area contributed by atoms with Crippen LogP contribution in [-0.2, 0) is 28.5 Å². The lowest BCUT2D eigenvalue weighted by atomic mass is 9.68. The zero-order valence-electron chi connectivity index (χ0n) is 27.7. The highest BCUT2D eigenvalue weighted by molar-refractivity contribution is 5.66. The summed E-state index contributed by atoms with van der Waals surface area (Å²) in [6.07, 6.45) is -4.23. The molecule has 0 aromatic heterocycles. The highest BCUT2D eigenvalue weighted by Crippen LogP contribution is 2.56. The first-order chi connectivity index (χ1) is 21.1. The molecule has 0 spiro atoms. The second kappa shape index (κ2) is 14.2. The van der Waals surface area contributed by atoms with Crippen LogP contribution in [0.3, 0.4) is 0 Å². The van der Waals surface area contributed by atoms with Crippen molar-refractivity contribution in [2.24, 2.45) is 29.1 Å². The quantitative estimate of drug-likeness (QED) is 0.166. The minimum absolute atomic E-state index is 0.00573. The molecule has 0 amide bonds. The molecular weight excluding hydrogens is 584 g/mol. The van der Waals surface area contributed by atoms with E-state index in [0.717, 1.165) is 24.0 Å². The van der Waals surface area contributed by atoms with E-state index in [1.165, 1.54) is 6.92 Å². The molecule has 13 atom stereocenters. The Morgan fingerprint density at radius 1 is 1.16 bits per heavy atom. The van der Waals surface area contributed by atoms with E-state index in [-0.39, 0.29) is 36.9 Å². The molecule has 1 heterocycles. The Kier molecular flexibility index (Phi) is 11.4. The van der Waals surface area contributed by atoms with Crippen molar-refractivity contribution in [1.82, 2.24) is 0 Å². The molecule has 4 aliphatic rings. The lowest BCUT2D eigenvalue weighted by Crippen LogP contribution is -2.61. The van der Waals surface area contributed by atoms with Crippen LogP contribution in [0, 0.1) is 29.1 Å². The predicted octanol–water partition coefficient (Wildman–Crippen LogP) is 2.04. The monoisotopic (exact) mass is 638 g/mol. The average Bonchev–Trinajstić information content (AvgIpc) is 3.50. The van der Waals surface area contributed by atoms with Crippen molar-refractivity contribution in [3.8, 4) is 0 Å². The molecule has 256 valence electrons. The number of ether oxygens (including phenoxy) is 5. The molecule has 0 unspecified atom stereocenters. The molecule has 45 heavy (non-hydrogen) atoms. The first-order valence-corrected chi connectivity index (χ1v) is 16.1. The maximum Gasteiger partial charge on any atom is 0.302 e. The van der Waals surface area contributed by atoms with Gasteiger partial charge in [-0.1, -0.05) is 37.1 Å². The van der Waals surface area contributed by atoms with Crippen LogP contribution >= 0.6 is 0 Å². The smallest absolute Gasteiger partial charge is 0.302 e. The fourth-order valence-electron chi connectivity index (χ4n) is 7.68. The van der Waals surface area contributed by atoms with Crippen LogP contribution in [0.4, 0.5) is 0 Å². The van der Waals surface area contributed by atoms with E-state index in [1.807, 2.05) is 20.8 Å². The largest absolute Gasteiger partial charge is 0.461 e. The third-order valence-electron chi connectivity index (χ3n) is 10.6. The molecular formula is C34H54O11. The van der Waals surface area contributed by atoms with Gasteiger partial charge in [-0.3, -0.25) is 4.79 Å². The molecule has 0 radical (unpaired) electrons. The second-order valence-electron chi connectivity index (χ2n) is 14.1. The van der Waals surface area contributed by atoms with Gasteiger partial charge in [0.1, 0.15) is 36.6 Å². The van der Waals surface area contributed by atoms with Crippen LogP contribution < -0.4 is 0 Å². The van der Waals surface area contributed by atoms with E-state index >= 15 is 0 Å². The molecule has 0 bridgehead atoms. The van der Waals surface area contributed by atoms with E-state index in [0.29, 0.717) is 18.6 Å². The number of esters is 1. The number of methoxy groups -OCH3 is 1. The van der Waals surface area contributed by atoms with E-state index in [4.69, 9.17) is 23.7 Å². The van der Waals surface area contributed by atoms with Gasteiger partial charge in [-0.15, -0.1) is 6.58 Å². The van der Waals surface area contributed by atoms with Crippen molar-refractivity contribution < 1.29 is 54.0 Å². The molecule has 1 aliphatic heterocycles. The standard InChI is InChI=1S/C34H54O11/c1-9-33(5,6)42-16-24-28(38)29(39)30(40)32(44-24)45-31-26-22(17(2)14-35)12-25(43-19(4)36)34(26,7)13-23-20(15-41-8)10-11-21(23)18(3)27(31)37/h9,13,17-18,20-21,24-25,27-32,35,37-40H,1,10-12,14-16H2,2-8H3/b23-13-/t17-,18+,20+,21-,24+,25+,27+,28+,29-,30+,31+,32-,34+/m1/s1. The van der Waals surface area contributed by atoms with E-state index in [1.54, 1.807) is 27.0 Å². The summed E-state index contributed by atoms with van der Waals surface area (Å²) in [5.41, 5.74) is 0.911. The number of hydrogen-bond donors (Lipinski definition) is 5. The first kappa shape index (κ1) is 36.2. The van der Waals surface area contributed by atoms with Crippen molar-refractivity contribution in [3.05, 3.63) is 35.5 Å². The molecule has 0 aromatic rings. The van der Waals surface area contributed by atoms with Gasteiger partial charge in [0.15, 0.2) is 6.29 Å². The molecule has 2 fully saturated rings. The molecule has 3 aliphatic carbocycles. The highest BCUT2D eigenvalue weighted by Gasteiger charge is 2.56. The lowest BCUT2D eigenvalue weighted by Gasteiger charge is -2.46. The number of fused-ring (bicyclic) bond motifs is 2. The summed E-state index contributed by atoms with van der Waals surface area (Å²) < 4.78 is 30.0. The fourth-order valence-corrected chi connectivity index (χ4v) is 7.68. The Balaban J connectivity index is 1.82. The van der Waals surface area contributed by atoms with E-state index < -0.39 is 66.0 Å². The summed E-state index contributed by atoms with van der Waals surface area (Å²) in [5, 5.41) is 55.2. The molecule has 1 saturated carbocycles. The molecule has 11 nitrogen and oxygen atoms in total. The summed E-state index contributed by atoms with van der Waals surface area (Å²) in [6.45, 7) is 14.7. The van der Waals surface area contributed by atoms with Gasteiger partial charge in [0.05, 0.1) is 24.9 Å². The second-order valence-corrected chi connectivity index (χ2v) is 14.1. The zero-order valence-corrected chi connectivity index (χ0v) is 27.7. The number of aliphatic hydroxyl groups excluding tert-OH is 5. The molecule has 11 heteroatoms. The van der Waals surface area contributed by atoms with Crippen LogP contribution in [0.25, 0.3) is 0 Å².